The van der Waals surface area contributed by atoms with Gasteiger partial charge in [0.25, 0.3) is 0 Å². The zero-order valence-electron chi connectivity index (χ0n) is 13.3. The predicted molar refractivity (Wildman–Crippen MR) is 93.0 cm³/mol. The highest BCUT2D eigenvalue weighted by molar-refractivity contribution is 6.42. The van der Waals surface area contributed by atoms with Crippen molar-refractivity contribution in [1.82, 2.24) is 0 Å². The molecule has 3 aromatic rings. The van der Waals surface area contributed by atoms with Gasteiger partial charge in [0, 0.05) is 17.0 Å². The highest BCUT2D eigenvalue weighted by atomic mass is 35.5. The first-order chi connectivity index (χ1) is 12.2. The molecule has 1 heterocycles. The van der Waals surface area contributed by atoms with E-state index < -0.39 is 17.4 Å². The molecule has 0 aliphatic carbocycles. The van der Waals surface area contributed by atoms with Crippen molar-refractivity contribution in [2.24, 2.45) is 0 Å². The summed E-state index contributed by atoms with van der Waals surface area (Å²) in [5.74, 6) is 0.297. The van der Waals surface area contributed by atoms with E-state index >= 15 is 0 Å². The van der Waals surface area contributed by atoms with Gasteiger partial charge in [0.1, 0.15) is 17.9 Å². The van der Waals surface area contributed by atoms with Crippen LogP contribution in [0.3, 0.4) is 0 Å². The van der Waals surface area contributed by atoms with Crippen LogP contribution in [0, 0.1) is 6.92 Å². The van der Waals surface area contributed by atoms with Gasteiger partial charge >= 0.3 is 11.8 Å². The minimum absolute atomic E-state index is 0.117. The summed E-state index contributed by atoms with van der Waals surface area (Å²) >= 11 is 11.8. The molecular formula is C18H11Cl2F3O3. The van der Waals surface area contributed by atoms with Crippen molar-refractivity contribution < 1.29 is 22.3 Å². The smallest absolute Gasteiger partial charge is 0.417 e. The fourth-order valence-corrected chi connectivity index (χ4v) is 2.84. The summed E-state index contributed by atoms with van der Waals surface area (Å²) in [5.41, 5.74) is -1.25. The fourth-order valence-electron chi connectivity index (χ4n) is 2.52. The lowest BCUT2D eigenvalue weighted by Gasteiger charge is -2.14. The van der Waals surface area contributed by atoms with Gasteiger partial charge in [0.15, 0.2) is 0 Å². The second kappa shape index (κ2) is 6.85. The molecule has 1 aromatic heterocycles. The first-order valence-corrected chi connectivity index (χ1v) is 8.14. The van der Waals surface area contributed by atoms with E-state index in [4.69, 9.17) is 32.4 Å². The Kier molecular flexibility index (Phi) is 4.90. The number of hydrogen-bond donors (Lipinski definition) is 0. The fraction of sp³-hybridized carbons (Fsp3) is 0.167. The maximum absolute atomic E-state index is 13.1. The Balaban J connectivity index is 1.99. The van der Waals surface area contributed by atoms with E-state index in [1.165, 1.54) is 19.1 Å². The van der Waals surface area contributed by atoms with E-state index in [9.17, 15) is 18.0 Å². The first-order valence-electron chi connectivity index (χ1n) is 7.38. The normalized spacial score (nSPS) is 11.8. The maximum atomic E-state index is 13.1. The molecule has 2 aromatic carbocycles. The average molecular weight is 403 g/mol. The summed E-state index contributed by atoms with van der Waals surface area (Å²) in [6.07, 6.45) is -4.66. The predicted octanol–water partition coefficient (Wildman–Crippen LogP) is 6.01. The van der Waals surface area contributed by atoms with Gasteiger partial charge in [0.2, 0.25) is 0 Å². The third-order valence-electron chi connectivity index (χ3n) is 3.79. The van der Waals surface area contributed by atoms with Crippen LogP contribution in [0.4, 0.5) is 13.2 Å². The monoisotopic (exact) mass is 402 g/mol. The van der Waals surface area contributed by atoms with Gasteiger partial charge in [0.05, 0.1) is 15.6 Å². The van der Waals surface area contributed by atoms with Crippen molar-refractivity contribution in [2.45, 2.75) is 19.7 Å². The topological polar surface area (TPSA) is 39.4 Å². The molecule has 0 saturated heterocycles. The van der Waals surface area contributed by atoms with E-state index in [-0.39, 0.29) is 17.6 Å². The Labute approximate surface area is 155 Å². The molecule has 0 radical (unpaired) electrons. The van der Waals surface area contributed by atoms with Crippen LogP contribution in [0.2, 0.25) is 10.0 Å². The highest BCUT2D eigenvalue weighted by Crippen LogP contribution is 2.37. The van der Waals surface area contributed by atoms with Crippen molar-refractivity contribution in [3.8, 4) is 5.75 Å². The van der Waals surface area contributed by atoms with Gasteiger partial charge < -0.3 is 9.15 Å². The van der Waals surface area contributed by atoms with Gasteiger partial charge in [-0.1, -0.05) is 29.3 Å². The Hall–Kier alpha value is -2.18. The maximum Gasteiger partial charge on any atom is 0.417 e. The largest absolute Gasteiger partial charge is 0.488 e. The number of halogens is 5. The zero-order chi connectivity index (χ0) is 19.1. The lowest BCUT2D eigenvalue weighted by molar-refractivity contribution is -0.136. The SMILES string of the molecule is Cc1c(OCc2ccc(Cl)c(Cl)c2)ccc2c(C(F)(F)F)cc(=O)oc12. The molecular weight excluding hydrogens is 392 g/mol. The van der Waals surface area contributed by atoms with Crippen LogP contribution < -0.4 is 10.4 Å². The molecule has 0 amide bonds. The number of hydrogen-bond acceptors (Lipinski definition) is 3. The van der Waals surface area contributed by atoms with Gasteiger partial charge in [-0.25, -0.2) is 4.79 Å². The van der Waals surface area contributed by atoms with E-state index in [2.05, 4.69) is 0 Å². The van der Waals surface area contributed by atoms with Crippen LogP contribution in [0.25, 0.3) is 11.0 Å². The highest BCUT2D eigenvalue weighted by Gasteiger charge is 2.34. The number of alkyl halides is 3. The van der Waals surface area contributed by atoms with Gasteiger partial charge in [-0.3, -0.25) is 0 Å². The molecule has 0 aliphatic heterocycles. The summed E-state index contributed by atoms with van der Waals surface area (Å²) in [6.45, 7) is 1.64. The number of aryl methyl sites for hydroxylation is 1. The molecule has 8 heteroatoms. The van der Waals surface area contributed by atoms with Crippen LogP contribution in [0.1, 0.15) is 16.7 Å². The minimum Gasteiger partial charge on any atom is -0.488 e. The van der Waals surface area contributed by atoms with Gasteiger partial charge in [-0.05, 0) is 36.8 Å². The Morgan fingerprint density at radius 1 is 1.08 bits per heavy atom. The van der Waals surface area contributed by atoms with Crippen molar-refractivity contribution in [1.29, 1.82) is 0 Å². The van der Waals surface area contributed by atoms with Crippen LogP contribution >= 0.6 is 23.2 Å². The quantitative estimate of drug-likeness (QED) is 0.503. The molecule has 3 rings (SSSR count). The molecule has 0 unspecified atom stereocenters. The summed E-state index contributed by atoms with van der Waals surface area (Å²) in [4.78, 5) is 11.5. The molecule has 0 atom stereocenters. The molecule has 0 spiro atoms. The van der Waals surface area contributed by atoms with Gasteiger partial charge in [-0.2, -0.15) is 13.2 Å². The lowest BCUT2D eigenvalue weighted by Crippen LogP contribution is -2.11. The molecule has 136 valence electrons. The van der Waals surface area contributed by atoms with Crippen LogP contribution in [-0.2, 0) is 12.8 Å². The van der Waals surface area contributed by atoms with Crippen molar-refractivity contribution in [3.05, 3.63) is 73.6 Å². The Morgan fingerprint density at radius 2 is 1.81 bits per heavy atom. The lowest BCUT2D eigenvalue weighted by atomic mass is 10.1. The number of ether oxygens (including phenoxy) is 1. The summed E-state index contributed by atoms with van der Waals surface area (Å²) in [6, 6.07) is 8.03. The molecule has 0 saturated carbocycles. The molecule has 0 fully saturated rings. The summed E-state index contributed by atoms with van der Waals surface area (Å²) in [5, 5.41) is 0.569. The zero-order valence-corrected chi connectivity index (χ0v) is 14.8. The van der Waals surface area contributed by atoms with Crippen molar-refractivity contribution in [3.63, 3.8) is 0 Å². The Bertz CT molecular complexity index is 1040. The second-order valence-electron chi connectivity index (χ2n) is 5.58. The van der Waals surface area contributed by atoms with Crippen LogP contribution in [0.15, 0.2) is 45.6 Å². The molecule has 3 nitrogen and oxygen atoms in total. The van der Waals surface area contributed by atoms with E-state index in [0.29, 0.717) is 27.4 Å². The third-order valence-corrected chi connectivity index (χ3v) is 4.53. The van der Waals surface area contributed by atoms with E-state index in [0.717, 1.165) is 5.56 Å². The van der Waals surface area contributed by atoms with Crippen LogP contribution in [-0.4, -0.2) is 0 Å². The third kappa shape index (κ3) is 3.66. The molecule has 0 aliphatic rings. The number of rotatable bonds is 3. The van der Waals surface area contributed by atoms with Crippen molar-refractivity contribution in [2.75, 3.05) is 0 Å². The number of benzene rings is 2. The second-order valence-corrected chi connectivity index (χ2v) is 6.39. The first kappa shape index (κ1) is 18.6. The standard InChI is InChI=1S/C18H11Cl2F3O3/c1-9-15(25-8-10-2-4-13(19)14(20)6-10)5-3-11-12(18(21,22)23)7-16(24)26-17(9)11/h2-7H,8H2,1H3. The molecule has 0 bridgehead atoms. The van der Waals surface area contributed by atoms with Gasteiger partial charge in [-0.15, -0.1) is 0 Å². The average Bonchev–Trinajstić information content (AvgIpc) is 2.56. The minimum atomic E-state index is -4.66. The van der Waals surface area contributed by atoms with E-state index in [1.807, 2.05) is 0 Å². The van der Waals surface area contributed by atoms with Crippen molar-refractivity contribution >= 4 is 34.2 Å². The Morgan fingerprint density at radius 3 is 2.46 bits per heavy atom. The number of fused-ring (bicyclic) bond motifs is 1. The van der Waals surface area contributed by atoms with E-state index in [1.54, 1.807) is 18.2 Å². The summed E-state index contributed by atoms with van der Waals surface area (Å²) in [7, 11) is 0. The summed E-state index contributed by atoms with van der Waals surface area (Å²) < 4.78 is 50.0. The molecule has 0 N–H and O–H groups in total. The van der Waals surface area contributed by atoms with Crippen LogP contribution in [0.5, 0.6) is 5.75 Å². The molecule has 26 heavy (non-hydrogen) atoms.